The molecule has 0 unspecified atom stereocenters. The molecule has 0 spiro atoms. The number of nitrogens with one attached hydrogen (secondary N) is 2. The van der Waals surface area contributed by atoms with Gasteiger partial charge in [0.1, 0.15) is 0 Å². The van der Waals surface area contributed by atoms with Crippen LogP contribution in [0.1, 0.15) is 32.1 Å². The first-order valence-corrected chi connectivity index (χ1v) is 7.09. The van der Waals surface area contributed by atoms with Crippen molar-refractivity contribution >= 4 is 0 Å². The molecule has 1 aliphatic heterocycles. The van der Waals surface area contributed by atoms with E-state index in [0.29, 0.717) is 0 Å². The van der Waals surface area contributed by atoms with Crippen LogP contribution in [0.2, 0.25) is 0 Å². The lowest BCUT2D eigenvalue weighted by molar-refractivity contribution is 0.275. The summed E-state index contributed by atoms with van der Waals surface area (Å²) in [6.45, 7) is 8.51. The lowest BCUT2D eigenvalue weighted by Gasteiger charge is -2.25. The van der Waals surface area contributed by atoms with Gasteiger partial charge in [0.25, 0.3) is 0 Å². The van der Waals surface area contributed by atoms with Crippen LogP contribution in [0.15, 0.2) is 0 Å². The SMILES string of the molecule is C1CC(CCNCCN2CCCNCC2)C1. The number of hydrogen-bond donors (Lipinski definition) is 2. The Bertz CT molecular complexity index is 172. The maximum absolute atomic E-state index is 3.59. The van der Waals surface area contributed by atoms with Gasteiger partial charge in [-0.05, 0) is 38.4 Å². The van der Waals surface area contributed by atoms with Gasteiger partial charge in [-0.3, -0.25) is 0 Å². The molecule has 0 amide bonds. The van der Waals surface area contributed by atoms with E-state index in [-0.39, 0.29) is 0 Å². The maximum atomic E-state index is 3.59. The van der Waals surface area contributed by atoms with Crippen LogP contribution in [-0.4, -0.2) is 50.7 Å². The molecule has 1 aliphatic carbocycles. The summed E-state index contributed by atoms with van der Waals surface area (Å²) in [5.74, 6) is 1.05. The van der Waals surface area contributed by atoms with Gasteiger partial charge in [-0.15, -0.1) is 0 Å². The van der Waals surface area contributed by atoms with Crippen molar-refractivity contribution in [2.45, 2.75) is 32.1 Å². The fraction of sp³-hybridized carbons (Fsp3) is 1.00. The summed E-state index contributed by atoms with van der Waals surface area (Å²) in [6.07, 6.45) is 7.16. The zero-order chi connectivity index (χ0) is 11.1. The Morgan fingerprint density at radius 1 is 1.06 bits per heavy atom. The van der Waals surface area contributed by atoms with Crippen LogP contribution in [0.4, 0.5) is 0 Å². The van der Waals surface area contributed by atoms with Gasteiger partial charge in [0, 0.05) is 26.2 Å². The number of hydrogen-bond acceptors (Lipinski definition) is 3. The molecular formula is C13H27N3. The molecule has 2 aliphatic rings. The summed E-state index contributed by atoms with van der Waals surface area (Å²) in [5, 5.41) is 7.04. The summed E-state index contributed by atoms with van der Waals surface area (Å²) in [4.78, 5) is 2.58. The smallest absolute Gasteiger partial charge is 0.0107 e. The Kier molecular flexibility index (Phi) is 5.59. The average Bonchev–Trinajstić information content (AvgIpc) is 2.49. The van der Waals surface area contributed by atoms with Crippen LogP contribution in [-0.2, 0) is 0 Å². The summed E-state index contributed by atoms with van der Waals surface area (Å²) < 4.78 is 0. The standard InChI is InChI=1S/C13H27N3/c1-3-13(4-1)5-7-15-9-12-16-10-2-6-14-8-11-16/h13-15H,1-12H2. The second-order valence-corrected chi connectivity index (χ2v) is 5.28. The quantitative estimate of drug-likeness (QED) is 0.662. The first kappa shape index (κ1) is 12.3. The second-order valence-electron chi connectivity index (χ2n) is 5.28. The average molecular weight is 225 g/mol. The van der Waals surface area contributed by atoms with Crippen molar-refractivity contribution < 1.29 is 0 Å². The minimum Gasteiger partial charge on any atom is -0.315 e. The van der Waals surface area contributed by atoms with E-state index in [1.165, 1.54) is 77.9 Å². The van der Waals surface area contributed by atoms with E-state index in [1.54, 1.807) is 0 Å². The van der Waals surface area contributed by atoms with Crippen molar-refractivity contribution in [1.29, 1.82) is 0 Å². The van der Waals surface area contributed by atoms with Gasteiger partial charge in [0.2, 0.25) is 0 Å². The van der Waals surface area contributed by atoms with Gasteiger partial charge in [0.05, 0.1) is 0 Å². The topological polar surface area (TPSA) is 27.3 Å². The summed E-state index contributed by atoms with van der Waals surface area (Å²) in [7, 11) is 0. The van der Waals surface area contributed by atoms with Crippen LogP contribution >= 0.6 is 0 Å². The largest absolute Gasteiger partial charge is 0.315 e. The Balaban J connectivity index is 1.43. The predicted molar refractivity (Wildman–Crippen MR) is 68.8 cm³/mol. The summed E-state index contributed by atoms with van der Waals surface area (Å²) in [5.41, 5.74) is 0. The zero-order valence-corrected chi connectivity index (χ0v) is 10.5. The van der Waals surface area contributed by atoms with Crippen molar-refractivity contribution in [2.75, 3.05) is 45.8 Å². The molecule has 2 fully saturated rings. The van der Waals surface area contributed by atoms with E-state index in [9.17, 15) is 0 Å². The van der Waals surface area contributed by atoms with Crippen LogP contribution in [0.3, 0.4) is 0 Å². The first-order chi connectivity index (χ1) is 7.95. The Labute approximate surface area is 100.0 Å². The third kappa shape index (κ3) is 4.40. The van der Waals surface area contributed by atoms with E-state index in [4.69, 9.17) is 0 Å². The molecule has 2 rings (SSSR count). The van der Waals surface area contributed by atoms with Crippen molar-refractivity contribution in [3.05, 3.63) is 0 Å². The van der Waals surface area contributed by atoms with Crippen molar-refractivity contribution in [1.82, 2.24) is 15.5 Å². The Hall–Kier alpha value is -0.120. The third-order valence-electron chi connectivity index (χ3n) is 3.99. The van der Waals surface area contributed by atoms with Crippen LogP contribution in [0.25, 0.3) is 0 Å². The van der Waals surface area contributed by atoms with Crippen LogP contribution < -0.4 is 10.6 Å². The molecule has 0 radical (unpaired) electrons. The highest BCUT2D eigenvalue weighted by Gasteiger charge is 2.16. The fourth-order valence-corrected chi connectivity index (χ4v) is 2.58. The van der Waals surface area contributed by atoms with E-state index in [1.807, 2.05) is 0 Å². The van der Waals surface area contributed by atoms with E-state index < -0.39 is 0 Å². The predicted octanol–water partition coefficient (Wildman–Crippen LogP) is 1.06. The highest BCUT2D eigenvalue weighted by molar-refractivity contribution is 4.71. The maximum Gasteiger partial charge on any atom is 0.0107 e. The third-order valence-corrected chi connectivity index (χ3v) is 3.99. The van der Waals surface area contributed by atoms with Gasteiger partial charge in [-0.25, -0.2) is 0 Å². The molecule has 94 valence electrons. The molecule has 3 nitrogen and oxygen atoms in total. The van der Waals surface area contributed by atoms with E-state index in [0.717, 1.165) is 5.92 Å². The molecule has 2 N–H and O–H groups in total. The minimum absolute atomic E-state index is 1.05. The first-order valence-electron chi connectivity index (χ1n) is 7.09. The molecular weight excluding hydrogens is 198 g/mol. The summed E-state index contributed by atoms with van der Waals surface area (Å²) in [6, 6.07) is 0. The second kappa shape index (κ2) is 7.25. The highest BCUT2D eigenvalue weighted by atomic mass is 15.2. The van der Waals surface area contributed by atoms with E-state index >= 15 is 0 Å². The van der Waals surface area contributed by atoms with Crippen molar-refractivity contribution in [2.24, 2.45) is 5.92 Å². The molecule has 0 bridgehead atoms. The Morgan fingerprint density at radius 2 is 2.00 bits per heavy atom. The van der Waals surface area contributed by atoms with Crippen LogP contribution in [0, 0.1) is 5.92 Å². The number of rotatable bonds is 6. The number of nitrogens with zero attached hydrogens (tertiary/aromatic N) is 1. The minimum atomic E-state index is 1.05. The molecule has 1 saturated carbocycles. The normalized spacial score (nSPS) is 24.0. The lowest BCUT2D eigenvalue weighted by Crippen LogP contribution is -2.35. The summed E-state index contributed by atoms with van der Waals surface area (Å²) >= 11 is 0. The molecule has 0 aromatic carbocycles. The molecule has 3 heteroatoms. The highest BCUT2D eigenvalue weighted by Crippen LogP contribution is 2.28. The zero-order valence-electron chi connectivity index (χ0n) is 10.5. The molecule has 0 aromatic heterocycles. The van der Waals surface area contributed by atoms with Crippen molar-refractivity contribution in [3.8, 4) is 0 Å². The van der Waals surface area contributed by atoms with Crippen molar-refractivity contribution in [3.63, 3.8) is 0 Å². The molecule has 1 saturated heterocycles. The fourth-order valence-electron chi connectivity index (χ4n) is 2.58. The molecule has 0 atom stereocenters. The monoisotopic (exact) mass is 225 g/mol. The van der Waals surface area contributed by atoms with Gasteiger partial charge < -0.3 is 15.5 Å². The lowest BCUT2D eigenvalue weighted by atomic mass is 9.83. The van der Waals surface area contributed by atoms with Gasteiger partial charge >= 0.3 is 0 Å². The Morgan fingerprint density at radius 3 is 2.81 bits per heavy atom. The molecule has 1 heterocycles. The van der Waals surface area contributed by atoms with Gasteiger partial charge in [0.15, 0.2) is 0 Å². The van der Waals surface area contributed by atoms with Crippen LogP contribution in [0.5, 0.6) is 0 Å². The van der Waals surface area contributed by atoms with Gasteiger partial charge in [-0.1, -0.05) is 19.3 Å². The van der Waals surface area contributed by atoms with E-state index in [2.05, 4.69) is 15.5 Å². The molecule has 0 aromatic rings. The van der Waals surface area contributed by atoms with Gasteiger partial charge in [-0.2, -0.15) is 0 Å². The molecule has 16 heavy (non-hydrogen) atoms.